The molecule has 1 fully saturated rings. The second-order valence-corrected chi connectivity index (χ2v) is 6.72. The number of carbonyl (C=O) groups is 2. The lowest BCUT2D eigenvalue weighted by Crippen LogP contribution is -2.45. The molecule has 1 unspecified atom stereocenters. The van der Waals surface area contributed by atoms with Crippen molar-refractivity contribution in [3.63, 3.8) is 0 Å². The summed E-state index contributed by atoms with van der Waals surface area (Å²) >= 11 is 0. The SMILES string of the molecule is COc1ccc(CN(C)CC2(O)CCN(C(=O)CNC(C)=O)C2)cc1. The fraction of sp³-hybridized carbons (Fsp3) is 0.556. The van der Waals surface area contributed by atoms with Crippen LogP contribution in [0.4, 0.5) is 0 Å². The maximum absolute atomic E-state index is 12.0. The molecule has 0 spiro atoms. The summed E-state index contributed by atoms with van der Waals surface area (Å²) in [7, 11) is 3.58. The number of β-amino-alcohol motifs (C(OH)–C–C–N with tert-alkyl or cyclic N) is 1. The number of ether oxygens (including phenoxy) is 1. The molecule has 1 aromatic rings. The van der Waals surface area contributed by atoms with Crippen molar-refractivity contribution >= 4 is 11.8 Å². The lowest BCUT2D eigenvalue weighted by atomic mass is 10.0. The van der Waals surface area contributed by atoms with Crippen molar-refractivity contribution < 1.29 is 19.4 Å². The van der Waals surface area contributed by atoms with Gasteiger partial charge < -0.3 is 20.1 Å². The van der Waals surface area contributed by atoms with E-state index in [2.05, 4.69) is 5.32 Å². The number of hydrogen-bond acceptors (Lipinski definition) is 5. The molecule has 2 amide bonds. The summed E-state index contributed by atoms with van der Waals surface area (Å²) in [5, 5.41) is 13.3. The number of likely N-dealkylation sites (tertiary alicyclic amines) is 1. The summed E-state index contributed by atoms with van der Waals surface area (Å²) in [5.74, 6) is 0.417. The number of benzene rings is 1. The molecule has 25 heavy (non-hydrogen) atoms. The van der Waals surface area contributed by atoms with E-state index in [0.29, 0.717) is 32.6 Å². The van der Waals surface area contributed by atoms with Gasteiger partial charge in [-0.2, -0.15) is 0 Å². The predicted octanol–water partition coefficient (Wildman–Crippen LogP) is 0.227. The van der Waals surface area contributed by atoms with Gasteiger partial charge in [-0.25, -0.2) is 0 Å². The van der Waals surface area contributed by atoms with Gasteiger partial charge in [0.15, 0.2) is 0 Å². The Kier molecular flexibility index (Phi) is 6.39. The molecular formula is C18H27N3O4. The number of likely N-dealkylation sites (N-methyl/N-ethyl adjacent to an activating group) is 1. The third-order valence-electron chi connectivity index (χ3n) is 4.35. The Bertz CT molecular complexity index is 605. The summed E-state index contributed by atoms with van der Waals surface area (Å²) in [6.07, 6.45) is 0.533. The van der Waals surface area contributed by atoms with E-state index in [1.807, 2.05) is 36.2 Å². The molecule has 7 nitrogen and oxygen atoms in total. The average molecular weight is 349 g/mol. The van der Waals surface area contributed by atoms with E-state index in [1.165, 1.54) is 6.92 Å². The van der Waals surface area contributed by atoms with Crippen LogP contribution in [-0.2, 0) is 16.1 Å². The summed E-state index contributed by atoms with van der Waals surface area (Å²) in [6, 6.07) is 7.82. The minimum atomic E-state index is -0.924. The zero-order valence-corrected chi connectivity index (χ0v) is 15.1. The molecule has 2 N–H and O–H groups in total. The van der Waals surface area contributed by atoms with Crippen LogP contribution < -0.4 is 10.1 Å². The van der Waals surface area contributed by atoms with Gasteiger partial charge in [0.1, 0.15) is 5.75 Å². The Balaban J connectivity index is 1.84. The standard InChI is InChI=1S/C18H27N3O4/c1-14(22)19-10-17(23)21-9-8-18(24,13-21)12-20(2)11-15-4-6-16(25-3)7-5-15/h4-7,24H,8-13H2,1-3H3,(H,19,22). The Morgan fingerprint density at radius 1 is 1.36 bits per heavy atom. The molecular weight excluding hydrogens is 322 g/mol. The number of methoxy groups -OCH3 is 1. The van der Waals surface area contributed by atoms with Gasteiger partial charge in [-0.1, -0.05) is 12.1 Å². The largest absolute Gasteiger partial charge is 0.497 e. The molecule has 1 heterocycles. The highest BCUT2D eigenvalue weighted by molar-refractivity contribution is 5.83. The highest BCUT2D eigenvalue weighted by Gasteiger charge is 2.38. The number of nitrogens with zero attached hydrogens (tertiary/aromatic N) is 2. The molecule has 1 atom stereocenters. The Hall–Kier alpha value is -2.12. The van der Waals surface area contributed by atoms with Crippen molar-refractivity contribution in [2.45, 2.75) is 25.5 Å². The Labute approximate surface area is 148 Å². The highest BCUT2D eigenvalue weighted by Crippen LogP contribution is 2.23. The van der Waals surface area contributed by atoms with Gasteiger partial charge in [-0.15, -0.1) is 0 Å². The second kappa shape index (κ2) is 8.31. The molecule has 138 valence electrons. The van der Waals surface area contributed by atoms with E-state index in [0.717, 1.165) is 11.3 Å². The molecule has 0 aliphatic carbocycles. The van der Waals surface area contributed by atoms with Crippen molar-refractivity contribution in [2.75, 3.05) is 40.3 Å². The lowest BCUT2D eigenvalue weighted by molar-refractivity contribution is -0.132. The summed E-state index contributed by atoms with van der Waals surface area (Å²) in [6.45, 7) is 3.33. The first-order valence-electron chi connectivity index (χ1n) is 8.37. The van der Waals surface area contributed by atoms with Crippen molar-refractivity contribution in [1.29, 1.82) is 0 Å². The molecule has 1 aliphatic heterocycles. The number of hydrogen-bond donors (Lipinski definition) is 2. The molecule has 2 rings (SSSR count). The maximum atomic E-state index is 12.0. The van der Waals surface area contributed by atoms with Crippen LogP contribution in [0.15, 0.2) is 24.3 Å². The zero-order chi connectivity index (χ0) is 18.4. The van der Waals surface area contributed by atoms with Crippen LogP contribution in [0.1, 0.15) is 18.9 Å². The van der Waals surface area contributed by atoms with E-state index < -0.39 is 5.60 Å². The minimum Gasteiger partial charge on any atom is -0.497 e. The summed E-state index contributed by atoms with van der Waals surface area (Å²) in [4.78, 5) is 26.6. The van der Waals surface area contributed by atoms with Crippen molar-refractivity contribution in [1.82, 2.24) is 15.1 Å². The van der Waals surface area contributed by atoms with Crippen LogP contribution >= 0.6 is 0 Å². The fourth-order valence-electron chi connectivity index (χ4n) is 3.11. The minimum absolute atomic E-state index is 0.0207. The molecule has 7 heteroatoms. The summed E-state index contributed by atoms with van der Waals surface area (Å²) in [5.41, 5.74) is 0.205. The van der Waals surface area contributed by atoms with Crippen LogP contribution in [0, 0.1) is 0 Å². The summed E-state index contributed by atoms with van der Waals surface area (Å²) < 4.78 is 5.15. The number of amides is 2. The molecule has 0 aromatic heterocycles. The molecule has 1 aromatic carbocycles. The third-order valence-corrected chi connectivity index (χ3v) is 4.35. The van der Waals surface area contributed by atoms with Gasteiger partial charge in [0.25, 0.3) is 0 Å². The monoisotopic (exact) mass is 349 g/mol. The van der Waals surface area contributed by atoms with Crippen molar-refractivity contribution in [2.24, 2.45) is 0 Å². The van der Waals surface area contributed by atoms with Crippen molar-refractivity contribution in [3.8, 4) is 5.75 Å². The van der Waals surface area contributed by atoms with E-state index >= 15 is 0 Å². The topological polar surface area (TPSA) is 82.1 Å². The van der Waals surface area contributed by atoms with E-state index in [1.54, 1.807) is 12.0 Å². The van der Waals surface area contributed by atoms with Gasteiger partial charge in [0.2, 0.25) is 11.8 Å². The molecule has 1 saturated heterocycles. The predicted molar refractivity (Wildman–Crippen MR) is 94.2 cm³/mol. The fourth-order valence-corrected chi connectivity index (χ4v) is 3.11. The molecule has 0 bridgehead atoms. The van der Waals surface area contributed by atoms with Crippen LogP contribution in [-0.4, -0.2) is 72.7 Å². The normalized spacial score (nSPS) is 20.0. The quantitative estimate of drug-likeness (QED) is 0.736. The van der Waals surface area contributed by atoms with E-state index in [4.69, 9.17) is 4.74 Å². The molecule has 1 aliphatic rings. The number of aliphatic hydroxyl groups is 1. The van der Waals surface area contributed by atoms with Crippen molar-refractivity contribution in [3.05, 3.63) is 29.8 Å². The Morgan fingerprint density at radius 2 is 2.04 bits per heavy atom. The van der Waals surface area contributed by atoms with Gasteiger partial charge in [0, 0.05) is 26.6 Å². The lowest BCUT2D eigenvalue weighted by Gasteiger charge is -2.29. The first-order chi connectivity index (χ1) is 11.8. The van der Waals surface area contributed by atoms with Gasteiger partial charge in [0.05, 0.1) is 25.8 Å². The number of nitrogens with one attached hydrogen (secondary N) is 1. The maximum Gasteiger partial charge on any atom is 0.242 e. The van der Waals surface area contributed by atoms with E-state index in [-0.39, 0.29) is 18.4 Å². The number of carbonyl (C=O) groups excluding carboxylic acids is 2. The third kappa shape index (κ3) is 5.72. The first kappa shape index (κ1) is 19.2. The molecule has 0 saturated carbocycles. The van der Waals surface area contributed by atoms with Gasteiger partial charge in [-0.3, -0.25) is 14.5 Å². The smallest absolute Gasteiger partial charge is 0.242 e. The first-order valence-corrected chi connectivity index (χ1v) is 8.37. The van der Waals surface area contributed by atoms with Crippen LogP contribution in [0.25, 0.3) is 0 Å². The van der Waals surface area contributed by atoms with Crippen LogP contribution in [0.3, 0.4) is 0 Å². The second-order valence-electron chi connectivity index (χ2n) is 6.72. The van der Waals surface area contributed by atoms with E-state index in [9.17, 15) is 14.7 Å². The van der Waals surface area contributed by atoms with Crippen LogP contribution in [0.5, 0.6) is 5.75 Å². The van der Waals surface area contributed by atoms with Gasteiger partial charge >= 0.3 is 0 Å². The Morgan fingerprint density at radius 3 is 2.64 bits per heavy atom. The number of rotatable bonds is 7. The molecule has 0 radical (unpaired) electrons. The van der Waals surface area contributed by atoms with Gasteiger partial charge in [-0.05, 0) is 31.2 Å². The average Bonchev–Trinajstić information content (AvgIpc) is 2.95. The van der Waals surface area contributed by atoms with Crippen LogP contribution in [0.2, 0.25) is 0 Å². The highest BCUT2D eigenvalue weighted by atomic mass is 16.5. The zero-order valence-electron chi connectivity index (χ0n) is 15.1.